The van der Waals surface area contributed by atoms with Gasteiger partial charge in [0.05, 0.1) is 40.1 Å². The molecule has 6 nitrogen and oxygen atoms in total. The number of nitrogens with zero attached hydrogens (tertiary/aromatic N) is 2. The molecule has 3 aliphatic rings. The molecular weight excluding hydrogens is 564 g/mol. The standard InChI is InChI=1S/C28H26ClF2N3O3S2/c29-23-14-20(31)15-32-24(23)16-33-27(35)18-3-8-25-22(13-18)28(9-11-38-12-10-28)26(17-1-2-17)34(25)39(36,37)21-6-4-19(30)5-7-21/h3-8,13-15,17,26H,1-2,9-12,16H2,(H,33,35). The smallest absolute Gasteiger partial charge is 0.264 e. The Bertz CT molecular complexity index is 1540. The van der Waals surface area contributed by atoms with Crippen LogP contribution in [-0.4, -0.2) is 36.9 Å². The van der Waals surface area contributed by atoms with Gasteiger partial charge in [-0.05, 0) is 97.2 Å². The Kier molecular flexibility index (Phi) is 6.84. The SMILES string of the molecule is O=C(NCc1ncc(F)cc1Cl)c1ccc2c(c1)C1(CCSCC1)C(C1CC1)N2S(=O)(=O)c1ccc(F)cc1. The molecule has 2 aromatic carbocycles. The van der Waals surface area contributed by atoms with Gasteiger partial charge in [0.2, 0.25) is 0 Å². The lowest BCUT2D eigenvalue weighted by Gasteiger charge is -2.41. The van der Waals surface area contributed by atoms with Crippen LogP contribution in [0.2, 0.25) is 5.02 Å². The minimum atomic E-state index is -3.98. The van der Waals surface area contributed by atoms with Crippen molar-refractivity contribution in [1.82, 2.24) is 10.3 Å². The van der Waals surface area contributed by atoms with Crippen molar-refractivity contribution in [2.45, 2.75) is 48.6 Å². The number of fused-ring (bicyclic) bond motifs is 2. The molecule has 1 atom stereocenters. The summed E-state index contributed by atoms with van der Waals surface area (Å²) < 4.78 is 56.7. The summed E-state index contributed by atoms with van der Waals surface area (Å²) in [5, 5.41) is 2.92. The molecule has 1 amide bonds. The molecule has 1 saturated carbocycles. The van der Waals surface area contributed by atoms with Crippen LogP contribution >= 0.6 is 23.4 Å². The van der Waals surface area contributed by atoms with Crippen LogP contribution in [0, 0.1) is 17.6 Å². The molecule has 0 bridgehead atoms. The van der Waals surface area contributed by atoms with Crippen molar-refractivity contribution in [3.05, 3.63) is 88.2 Å². The second kappa shape index (κ2) is 10.1. The number of halogens is 3. The lowest BCUT2D eigenvalue weighted by atomic mass is 9.70. The van der Waals surface area contributed by atoms with Crippen LogP contribution < -0.4 is 9.62 Å². The molecule has 11 heteroatoms. The molecule has 1 N–H and O–H groups in total. The Balaban J connectivity index is 1.39. The first kappa shape index (κ1) is 26.5. The van der Waals surface area contributed by atoms with Crippen molar-refractivity contribution in [2.75, 3.05) is 15.8 Å². The number of hydrogen-bond acceptors (Lipinski definition) is 5. The number of thioether (sulfide) groups is 1. The molecule has 1 aromatic heterocycles. The number of carbonyl (C=O) groups excluding carboxylic acids is 1. The minimum absolute atomic E-state index is 0.0204. The number of sulfonamides is 1. The van der Waals surface area contributed by atoms with Crippen molar-refractivity contribution in [1.29, 1.82) is 0 Å². The van der Waals surface area contributed by atoms with E-state index in [-0.39, 0.29) is 34.3 Å². The van der Waals surface area contributed by atoms with Crippen molar-refractivity contribution in [2.24, 2.45) is 5.92 Å². The number of nitrogens with one attached hydrogen (secondary N) is 1. The Labute approximate surface area is 235 Å². The summed E-state index contributed by atoms with van der Waals surface area (Å²) in [5.74, 6) is 0.608. The zero-order chi connectivity index (χ0) is 27.4. The van der Waals surface area contributed by atoms with E-state index in [1.807, 2.05) is 17.8 Å². The van der Waals surface area contributed by atoms with E-state index in [1.165, 1.54) is 24.3 Å². The van der Waals surface area contributed by atoms with E-state index in [0.717, 1.165) is 55.0 Å². The maximum Gasteiger partial charge on any atom is 0.264 e. The summed E-state index contributed by atoms with van der Waals surface area (Å²) in [5.41, 5.74) is 1.80. The maximum atomic E-state index is 14.1. The van der Waals surface area contributed by atoms with Gasteiger partial charge < -0.3 is 5.32 Å². The average Bonchev–Trinajstić information content (AvgIpc) is 3.72. The van der Waals surface area contributed by atoms with Crippen LogP contribution in [0.1, 0.15) is 47.3 Å². The van der Waals surface area contributed by atoms with Crippen molar-refractivity contribution < 1.29 is 22.0 Å². The number of benzene rings is 2. The fraction of sp³-hybridized carbons (Fsp3) is 0.357. The van der Waals surface area contributed by atoms with Gasteiger partial charge in [0.25, 0.3) is 15.9 Å². The number of aromatic nitrogens is 1. The van der Waals surface area contributed by atoms with Crippen LogP contribution in [0.15, 0.2) is 59.6 Å². The highest BCUT2D eigenvalue weighted by atomic mass is 35.5. The first-order valence-electron chi connectivity index (χ1n) is 12.8. The molecule has 3 aromatic rings. The van der Waals surface area contributed by atoms with Gasteiger partial charge in [0.1, 0.15) is 11.6 Å². The van der Waals surface area contributed by atoms with Crippen molar-refractivity contribution >= 4 is 45.0 Å². The summed E-state index contributed by atoms with van der Waals surface area (Å²) in [7, 11) is -3.98. The van der Waals surface area contributed by atoms with Crippen LogP contribution in [0.25, 0.3) is 0 Å². The number of carbonyl (C=O) groups is 1. The predicted molar refractivity (Wildman–Crippen MR) is 148 cm³/mol. The topological polar surface area (TPSA) is 79.4 Å². The molecule has 39 heavy (non-hydrogen) atoms. The number of pyridine rings is 1. The molecule has 1 spiro atoms. The fourth-order valence-corrected chi connectivity index (χ4v) is 9.23. The number of amides is 1. The molecule has 2 fully saturated rings. The summed E-state index contributed by atoms with van der Waals surface area (Å²) in [6.07, 6.45) is 4.55. The van der Waals surface area contributed by atoms with Gasteiger partial charge in [-0.25, -0.2) is 17.2 Å². The van der Waals surface area contributed by atoms with Crippen LogP contribution in [0.4, 0.5) is 14.5 Å². The predicted octanol–water partition coefficient (Wildman–Crippen LogP) is 5.70. The molecule has 1 aliphatic carbocycles. The van der Waals surface area contributed by atoms with E-state index in [0.29, 0.717) is 16.9 Å². The molecular formula is C28H26ClF2N3O3S2. The van der Waals surface area contributed by atoms with Crippen LogP contribution in [-0.2, 0) is 22.0 Å². The highest BCUT2D eigenvalue weighted by Crippen LogP contribution is 2.59. The van der Waals surface area contributed by atoms with Gasteiger partial charge in [-0.2, -0.15) is 11.8 Å². The molecule has 204 valence electrons. The van der Waals surface area contributed by atoms with Gasteiger partial charge in [-0.1, -0.05) is 11.6 Å². The number of anilines is 1. The van der Waals surface area contributed by atoms with Crippen molar-refractivity contribution in [3.8, 4) is 0 Å². The molecule has 3 heterocycles. The van der Waals surface area contributed by atoms with Crippen LogP contribution in [0.3, 0.4) is 0 Å². The first-order chi connectivity index (χ1) is 18.7. The van der Waals surface area contributed by atoms with Gasteiger partial charge in [0, 0.05) is 11.0 Å². The summed E-state index contributed by atoms with van der Waals surface area (Å²) in [6.45, 7) is 0.0204. The zero-order valence-electron chi connectivity index (χ0n) is 20.9. The summed E-state index contributed by atoms with van der Waals surface area (Å²) in [6, 6.07) is 11.0. The van der Waals surface area contributed by atoms with E-state index in [1.54, 1.807) is 16.4 Å². The third kappa shape index (κ3) is 4.70. The Morgan fingerprint density at radius 1 is 1.08 bits per heavy atom. The molecule has 0 radical (unpaired) electrons. The van der Waals surface area contributed by atoms with Gasteiger partial charge >= 0.3 is 0 Å². The largest absolute Gasteiger partial charge is 0.346 e. The normalized spacial score (nSPS) is 20.2. The summed E-state index contributed by atoms with van der Waals surface area (Å²) >= 11 is 7.92. The van der Waals surface area contributed by atoms with Crippen molar-refractivity contribution in [3.63, 3.8) is 0 Å². The molecule has 1 saturated heterocycles. The lowest BCUT2D eigenvalue weighted by Crippen LogP contribution is -2.50. The molecule has 6 rings (SSSR count). The quantitative estimate of drug-likeness (QED) is 0.399. The highest BCUT2D eigenvalue weighted by Gasteiger charge is 2.59. The minimum Gasteiger partial charge on any atom is -0.346 e. The molecule has 2 aliphatic heterocycles. The van der Waals surface area contributed by atoms with E-state index >= 15 is 0 Å². The van der Waals surface area contributed by atoms with Gasteiger partial charge in [0.15, 0.2) is 0 Å². The monoisotopic (exact) mass is 589 g/mol. The first-order valence-corrected chi connectivity index (χ1v) is 15.8. The molecule has 1 unspecified atom stereocenters. The zero-order valence-corrected chi connectivity index (χ0v) is 23.3. The van der Waals surface area contributed by atoms with Gasteiger partial charge in [-0.3, -0.25) is 14.1 Å². The highest BCUT2D eigenvalue weighted by molar-refractivity contribution is 7.99. The number of hydrogen-bond donors (Lipinski definition) is 1. The third-order valence-corrected chi connectivity index (χ3v) is 11.1. The second-order valence-corrected chi connectivity index (χ2v) is 13.7. The average molecular weight is 590 g/mol. The fourth-order valence-electron chi connectivity index (χ4n) is 6.00. The maximum absolute atomic E-state index is 14.1. The van der Waals surface area contributed by atoms with E-state index < -0.39 is 27.1 Å². The Morgan fingerprint density at radius 2 is 1.79 bits per heavy atom. The third-order valence-electron chi connectivity index (χ3n) is 7.98. The summed E-state index contributed by atoms with van der Waals surface area (Å²) in [4.78, 5) is 17.2. The van der Waals surface area contributed by atoms with Crippen LogP contribution in [0.5, 0.6) is 0 Å². The number of rotatable bonds is 6. The lowest BCUT2D eigenvalue weighted by molar-refractivity contribution is 0.0950. The van der Waals surface area contributed by atoms with E-state index in [9.17, 15) is 22.0 Å². The van der Waals surface area contributed by atoms with E-state index in [4.69, 9.17) is 11.6 Å². The van der Waals surface area contributed by atoms with E-state index in [2.05, 4.69) is 10.3 Å². The second-order valence-electron chi connectivity index (χ2n) is 10.3. The Hall–Kier alpha value is -2.69. The van der Waals surface area contributed by atoms with Gasteiger partial charge in [-0.15, -0.1) is 0 Å². The Morgan fingerprint density at radius 3 is 2.46 bits per heavy atom.